The third-order valence-electron chi connectivity index (χ3n) is 5.43. The first-order valence-corrected chi connectivity index (χ1v) is 11.8. The quantitative estimate of drug-likeness (QED) is 0.449. The van der Waals surface area contributed by atoms with Crippen molar-refractivity contribution in [2.75, 3.05) is 18.8 Å². The minimum atomic E-state index is -0.0524. The molecule has 2 aromatic heterocycles. The lowest BCUT2D eigenvalue weighted by atomic mass is 10.2. The number of nitrogens with zero attached hydrogens (tertiary/aromatic N) is 3. The zero-order chi connectivity index (χ0) is 20.5. The molecule has 4 rings (SSSR count). The molecule has 3 heterocycles. The molecule has 0 saturated carbocycles. The van der Waals surface area contributed by atoms with Crippen LogP contribution in [0.5, 0.6) is 0 Å². The van der Waals surface area contributed by atoms with Crippen molar-refractivity contribution in [2.45, 2.75) is 45.2 Å². The minimum absolute atomic E-state index is 0.0524. The van der Waals surface area contributed by atoms with Crippen molar-refractivity contribution >= 4 is 39.2 Å². The van der Waals surface area contributed by atoms with Crippen molar-refractivity contribution < 1.29 is 4.79 Å². The summed E-state index contributed by atoms with van der Waals surface area (Å²) in [5, 5.41) is 1.28. The van der Waals surface area contributed by atoms with Crippen molar-refractivity contribution in [3.8, 4) is 5.69 Å². The van der Waals surface area contributed by atoms with Crippen molar-refractivity contribution in [3.05, 3.63) is 50.6 Å². The predicted molar refractivity (Wildman–Crippen MR) is 121 cm³/mol. The monoisotopic (exact) mass is 427 g/mol. The first-order chi connectivity index (χ1) is 14.0. The maximum Gasteiger partial charge on any atom is 0.267 e. The van der Waals surface area contributed by atoms with E-state index in [1.165, 1.54) is 16.6 Å². The number of amides is 1. The Bertz CT molecular complexity index is 1110. The summed E-state index contributed by atoms with van der Waals surface area (Å²) in [6.45, 7) is 7.79. The Morgan fingerprint density at radius 2 is 1.86 bits per heavy atom. The van der Waals surface area contributed by atoms with E-state index in [0.29, 0.717) is 16.3 Å². The van der Waals surface area contributed by atoms with Gasteiger partial charge in [-0.1, -0.05) is 36.4 Å². The van der Waals surface area contributed by atoms with Crippen LogP contribution in [0.25, 0.3) is 15.9 Å². The van der Waals surface area contributed by atoms with Gasteiger partial charge in [0.25, 0.3) is 5.56 Å². The molecule has 1 aliphatic rings. The Labute approximate surface area is 178 Å². The van der Waals surface area contributed by atoms with Crippen LogP contribution in [0.4, 0.5) is 0 Å². The van der Waals surface area contributed by atoms with Crippen LogP contribution in [0.3, 0.4) is 0 Å². The van der Waals surface area contributed by atoms with Crippen LogP contribution in [0.2, 0.25) is 0 Å². The van der Waals surface area contributed by atoms with E-state index in [1.54, 1.807) is 15.9 Å². The third kappa shape index (κ3) is 3.85. The lowest BCUT2D eigenvalue weighted by Crippen LogP contribution is -2.29. The molecule has 0 spiro atoms. The Morgan fingerprint density at radius 3 is 2.52 bits per heavy atom. The second kappa shape index (κ2) is 8.32. The Kier molecular flexibility index (Phi) is 5.79. The SMILES string of the molecule is CCc1sc2nc(SCC(=O)N3CCCC3)n(-c3ccc(C)cc3)c(=O)c2c1C. The van der Waals surface area contributed by atoms with Gasteiger partial charge in [0.15, 0.2) is 5.16 Å². The predicted octanol–water partition coefficient (Wildman–Crippen LogP) is 4.34. The van der Waals surface area contributed by atoms with Crippen molar-refractivity contribution in [1.29, 1.82) is 0 Å². The molecule has 152 valence electrons. The molecular weight excluding hydrogens is 402 g/mol. The highest BCUT2D eigenvalue weighted by molar-refractivity contribution is 7.99. The second-order valence-electron chi connectivity index (χ2n) is 7.43. The first kappa shape index (κ1) is 20.2. The summed E-state index contributed by atoms with van der Waals surface area (Å²) in [7, 11) is 0. The number of carbonyl (C=O) groups is 1. The van der Waals surface area contributed by atoms with E-state index in [-0.39, 0.29) is 11.5 Å². The van der Waals surface area contributed by atoms with E-state index in [9.17, 15) is 9.59 Å². The van der Waals surface area contributed by atoms with Gasteiger partial charge in [-0.2, -0.15) is 0 Å². The standard InChI is InChI=1S/C22H25N3O2S2/c1-4-17-15(3)19-20(29-17)23-22(28-13-18(26)24-11-5-6-12-24)25(21(19)27)16-9-7-14(2)8-10-16/h7-10H,4-6,11-13H2,1-3H3. The molecular formula is C22H25N3O2S2. The van der Waals surface area contributed by atoms with E-state index >= 15 is 0 Å². The zero-order valence-corrected chi connectivity index (χ0v) is 18.7. The molecule has 0 aliphatic carbocycles. The lowest BCUT2D eigenvalue weighted by Gasteiger charge is -2.16. The second-order valence-corrected chi connectivity index (χ2v) is 9.46. The molecule has 1 amide bonds. The van der Waals surface area contributed by atoms with Crippen LogP contribution in [0, 0.1) is 13.8 Å². The fraction of sp³-hybridized carbons (Fsp3) is 0.409. The summed E-state index contributed by atoms with van der Waals surface area (Å²) in [5.41, 5.74) is 2.89. The molecule has 5 nitrogen and oxygen atoms in total. The largest absolute Gasteiger partial charge is 0.342 e. The highest BCUT2D eigenvalue weighted by atomic mass is 32.2. The molecule has 0 unspecified atom stereocenters. The van der Waals surface area contributed by atoms with Gasteiger partial charge in [-0.05, 0) is 50.8 Å². The number of aromatic nitrogens is 2. The molecule has 3 aromatic rings. The van der Waals surface area contributed by atoms with Crippen LogP contribution < -0.4 is 5.56 Å². The Balaban J connectivity index is 1.80. The van der Waals surface area contributed by atoms with Gasteiger partial charge in [0, 0.05) is 18.0 Å². The van der Waals surface area contributed by atoms with Gasteiger partial charge >= 0.3 is 0 Å². The lowest BCUT2D eigenvalue weighted by molar-refractivity contribution is -0.127. The van der Waals surface area contributed by atoms with Gasteiger partial charge in [-0.3, -0.25) is 14.2 Å². The van der Waals surface area contributed by atoms with Gasteiger partial charge in [0.2, 0.25) is 5.91 Å². The highest BCUT2D eigenvalue weighted by Gasteiger charge is 2.22. The molecule has 7 heteroatoms. The summed E-state index contributed by atoms with van der Waals surface area (Å²) in [6, 6.07) is 7.87. The number of carbonyl (C=O) groups excluding carboxylic acids is 1. The number of hydrogen-bond donors (Lipinski definition) is 0. The number of rotatable bonds is 5. The molecule has 1 saturated heterocycles. The van der Waals surface area contributed by atoms with Gasteiger partial charge < -0.3 is 4.90 Å². The van der Waals surface area contributed by atoms with E-state index in [0.717, 1.165) is 54.0 Å². The number of fused-ring (bicyclic) bond motifs is 1. The van der Waals surface area contributed by atoms with Crippen LogP contribution in [-0.2, 0) is 11.2 Å². The number of likely N-dealkylation sites (tertiary alicyclic amines) is 1. The fourth-order valence-corrected chi connectivity index (χ4v) is 5.82. The zero-order valence-electron chi connectivity index (χ0n) is 17.0. The van der Waals surface area contributed by atoms with E-state index in [4.69, 9.17) is 4.98 Å². The normalized spacial score (nSPS) is 14.1. The number of thioether (sulfide) groups is 1. The van der Waals surface area contributed by atoms with Crippen LogP contribution in [0.1, 0.15) is 35.8 Å². The molecule has 1 aliphatic heterocycles. The van der Waals surface area contributed by atoms with Crippen LogP contribution in [-0.4, -0.2) is 39.2 Å². The summed E-state index contributed by atoms with van der Waals surface area (Å²) in [6.07, 6.45) is 3.03. The van der Waals surface area contributed by atoms with Gasteiger partial charge in [-0.25, -0.2) is 4.98 Å². The Morgan fingerprint density at radius 1 is 1.17 bits per heavy atom. The maximum absolute atomic E-state index is 13.5. The maximum atomic E-state index is 13.5. The summed E-state index contributed by atoms with van der Waals surface area (Å²) in [5.74, 6) is 0.420. The Hall–Kier alpha value is -2.12. The first-order valence-electron chi connectivity index (χ1n) is 10.0. The van der Waals surface area contributed by atoms with E-state index in [1.807, 2.05) is 43.0 Å². The average molecular weight is 428 g/mol. The molecule has 1 aromatic carbocycles. The summed E-state index contributed by atoms with van der Waals surface area (Å²) < 4.78 is 1.67. The van der Waals surface area contributed by atoms with Crippen molar-refractivity contribution in [3.63, 3.8) is 0 Å². The van der Waals surface area contributed by atoms with E-state index < -0.39 is 0 Å². The van der Waals surface area contributed by atoms with Crippen molar-refractivity contribution in [1.82, 2.24) is 14.5 Å². The average Bonchev–Trinajstić information content (AvgIpc) is 3.35. The number of hydrogen-bond acceptors (Lipinski definition) is 5. The van der Waals surface area contributed by atoms with Crippen LogP contribution >= 0.6 is 23.1 Å². The minimum Gasteiger partial charge on any atom is -0.342 e. The smallest absolute Gasteiger partial charge is 0.267 e. The molecule has 0 N–H and O–H groups in total. The molecule has 0 atom stereocenters. The van der Waals surface area contributed by atoms with Gasteiger partial charge in [-0.15, -0.1) is 11.3 Å². The summed E-state index contributed by atoms with van der Waals surface area (Å²) >= 11 is 2.95. The number of aryl methyl sites for hydroxylation is 3. The number of benzene rings is 1. The third-order valence-corrected chi connectivity index (χ3v) is 7.68. The topological polar surface area (TPSA) is 55.2 Å². The highest BCUT2D eigenvalue weighted by Crippen LogP contribution is 2.30. The van der Waals surface area contributed by atoms with Gasteiger partial charge in [0.05, 0.1) is 16.8 Å². The molecule has 1 fully saturated rings. The fourth-order valence-electron chi connectivity index (χ4n) is 3.75. The van der Waals surface area contributed by atoms with E-state index in [2.05, 4.69) is 6.92 Å². The van der Waals surface area contributed by atoms with Crippen LogP contribution in [0.15, 0.2) is 34.2 Å². The molecule has 29 heavy (non-hydrogen) atoms. The van der Waals surface area contributed by atoms with Gasteiger partial charge in [0.1, 0.15) is 4.83 Å². The molecule has 0 bridgehead atoms. The summed E-state index contributed by atoms with van der Waals surface area (Å²) in [4.78, 5) is 34.8. The number of thiophene rings is 1. The molecule has 0 radical (unpaired) electrons. The van der Waals surface area contributed by atoms with Crippen molar-refractivity contribution in [2.24, 2.45) is 0 Å².